The smallest absolute Gasteiger partial charge is 0.211 e. The molecule has 0 fully saturated rings. The van der Waals surface area contributed by atoms with Gasteiger partial charge in [-0.15, -0.1) is 0 Å². The molecule has 114 valence electrons. The maximum atomic E-state index is 13.2. The number of halogens is 2. The van der Waals surface area contributed by atoms with E-state index in [0.717, 1.165) is 30.7 Å². The molecular weight excluding hydrogens is 345 g/mol. The molecule has 1 aromatic carbocycles. The quantitative estimate of drug-likeness (QED) is 0.715. The number of rotatable bonds is 8. The molecule has 0 aliphatic carbocycles. The first-order chi connectivity index (χ1) is 9.40. The molecule has 0 spiro atoms. The number of nitrogens with one attached hydrogen (secondary N) is 1. The van der Waals surface area contributed by atoms with E-state index in [-0.39, 0.29) is 4.90 Å². The van der Waals surface area contributed by atoms with Crippen LogP contribution >= 0.6 is 15.9 Å². The van der Waals surface area contributed by atoms with Crippen molar-refractivity contribution in [2.75, 3.05) is 11.9 Å². The predicted octanol–water partition coefficient (Wildman–Crippen LogP) is 3.61. The van der Waals surface area contributed by atoms with Crippen molar-refractivity contribution in [2.24, 2.45) is 5.92 Å². The third kappa shape index (κ3) is 5.14. The zero-order valence-electron chi connectivity index (χ0n) is 11.8. The van der Waals surface area contributed by atoms with Gasteiger partial charge in [-0.2, -0.15) is 0 Å². The van der Waals surface area contributed by atoms with Gasteiger partial charge in [0.15, 0.2) is 0 Å². The third-order valence-electron chi connectivity index (χ3n) is 3.22. The number of hydrogen-bond acceptors (Lipinski definition) is 2. The highest BCUT2D eigenvalue weighted by molar-refractivity contribution is 9.09. The topological polar surface area (TPSA) is 46.2 Å². The number of hydrogen-bond donors (Lipinski definition) is 1. The molecule has 0 saturated heterocycles. The van der Waals surface area contributed by atoms with Crippen molar-refractivity contribution in [3.63, 3.8) is 0 Å². The molecule has 0 saturated carbocycles. The van der Waals surface area contributed by atoms with E-state index < -0.39 is 15.8 Å². The van der Waals surface area contributed by atoms with E-state index in [1.165, 1.54) is 12.1 Å². The molecule has 0 radical (unpaired) electrons. The van der Waals surface area contributed by atoms with Crippen molar-refractivity contribution in [3.8, 4) is 0 Å². The second kappa shape index (κ2) is 8.10. The molecule has 1 unspecified atom stereocenters. The zero-order chi connectivity index (χ0) is 15.2. The molecule has 0 bridgehead atoms. The lowest BCUT2D eigenvalue weighted by Gasteiger charge is -2.16. The molecule has 3 nitrogen and oxygen atoms in total. The highest BCUT2D eigenvalue weighted by Crippen LogP contribution is 2.18. The highest BCUT2D eigenvalue weighted by atomic mass is 79.9. The van der Waals surface area contributed by atoms with Crippen LogP contribution in [0.5, 0.6) is 0 Å². The van der Waals surface area contributed by atoms with Crippen molar-refractivity contribution in [1.29, 1.82) is 0 Å². The van der Waals surface area contributed by atoms with Crippen molar-refractivity contribution >= 4 is 26.0 Å². The summed E-state index contributed by atoms with van der Waals surface area (Å²) in [7, 11) is -3.65. The average Bonchev–Trinajstić information content (AvgIpc) is 2.39. The molecule has 20 heavy (non-hydrogen) atoms. The predicted molar refractivity (Wildman–Crippen MR) is 83.1 cm³/mol. The van der Waals surface area contributed by atoms with Gasteiger partial charge in [0, 0.05) is 11.9 Å². The first-order valence-electron chi connectivity index (χ1n) is 6.72. The van der Waals surface area contributed by atoms with Crippen molar-refractivity contribution in [3.05, 3.63) is 29.6 Å². The summed E-state index contributed by atoms with van der Waals surface area (Å²) >= 11 is 3.38. The van der Waals surface area contributed by atoms with E-state index in [1.807, 2.05) is 0 Å². The molecular formula is C14H21BrFNO2S. The largest absolute Gasteiger partial charge is 0.240 e. The molecule has 0 amide bonds. The monoisotopic (exact) mass is 365 g/mol. The molecule has 0 aromatic heterocycles. The molecule has 6 heteroatoms. The third-order valence-corrected chi connectivity index (χ3v) is 5.24. The Labute approximate surface area is 129 Å². The van der Waals surface area contributed by atoms with Crippen molar-refractivity contribution < 1.29 is 12.8 Å². The van der Waals surface area contributed by atoms with Crippen LogP contribution in [0.15, 0.2) is 23.1 Å². The molecule has 1 N–H and O–H groups in total. The second-order valence-electron chi connectivity index (χ2n) is 4.89. The Morgan fingerprint density at radius 1 is 1.35 bits per heavy atom. The lowest BCUT2D eigenvalue weighted by Crippen LogP contribution is -2.30. The van der Waals surface area contributed by atoms with Crippen LogP contribution in [0.4, 0.5) is 4.39 Å². The lowest BCUT2D eigenvalue weighted by atomic mass is 10.0. The summed E-state index contributed by atoms with van der Waals surface area (Å²) in [5.41, 5.74) is 0.548. The summed E-state index contributed by atoms with van der Waals surface area (Å²) in [5.74, 6) is -0.246. The standard InChI is InChI=1S/C14H21BrFNO2S/c1-3-4-12(7-8-15)10-17-20(18,19)14-9-13(16)6-5-11(14)2/h5-6,9,12,17H,3-4,7-8,10H2,1-2H3. The van der Waals surface area contributed by atoms with Gasteiger partial charge in [0.1, 0.15) is 5.82 Å². The van der Waals surface area contributed by atoms with Gasteiger partial charge in [0.25, 0.3) is 0 Å². The van der Waals surface area contributed by atoms with Crippen LogP contribution < -0.4 is 4.72 Å². The summed E-state index contributed by atoms with van der Waals surface area (Å²) in [6.45, 7) is 4.13. The van der Waals surface area contributed by atoms with Gasteiger partial charge in [-0.3, -0.25) is 0 Å². The van der Waals surface area contributed by atoms with Gasteiger partial charge in [-0.25, -0.2) is 17.5 Å². The van der Waals surface area contributed by atoms with Crippen LogP contribution in [0.3, 0.4) is 0 Å². The number of alkyl halides is 1. The lowest BCUT2D eigenvalue weighted by molar-refractivity contribution is 0.458. The molecule has 0 aliphatic rings. The Bertz CT molecular complexity index is 528. The summed E-state index contributed by atoms with van der Waals surface area (Å²) in [6, 6.07) is 3.81. The molecule has 1 aromatic rings. The summed E-state index contributed by atoms with van der Waals surface area (Å²) < 4.78 is 40.3. The van der Waals surface area contributed by atoms with E-state index in [0.29, 0.717) is 18.0 Å². The van der Waals surface area contributed by atoms with E-state index in [1.54, 1.807) is 6.92 Å². The average molecular weight is 366 g/mol. The second-order valence-corrected chi connectivity index (χ2v) is 7.42. The Morgan fingerprint density at radius 2 is 2.05 bits per heavy atom. The molecule has 1 atom stereocenters. The van der Waals surface area contributed by atoms with Crippen LogP contribution in [0.25, 0.3) is 0 Å². The molecule has 0 heterocycles. The number of aryl methyl sites for hydroxylation is 1. The van der Waals surface area contributed by atoms with Gasteiger partial charge >= 0.3 is 0 Å². The first-order valence-corrected chi connectivity index (χ1v) is 9.33. The Balaban J connectivity index is 2.81. The van der Waals surface area contributed by atoms with Crippen molar-refractivity contribution in [2.45, 2.75) is 38.0 Å². The van der Waals surface area contributed by atoms with Gasteiger partial charge in [-0.1, -0.05) is 35.3 Å². The minimum Gasteiger partial charge on any atom is -0.211 e. The van der Waals surface area contributed by atoms with E-state index in [9.17, 15) is 12.8 Å². The van der Waals surface area contributed by atoms with Crippen molar-refractivity contribution in [1.82, 2.24) is 4.72 Å². The van der Waals surface area contributed by atoms with Gasteiger partial charge in [-0.05, 0) is 43.4 Å². The fourth-order valence-electron chi connectivity index (χ4n) is 2.08. The number of benzene rings is 1. The van der Waals surface area contributed by atoms with Crippen LogP contribution in [0, 0.1) is 18.7 Å². The Morgan fingerprint density at radius 3 is 2.65 bits per heavy atom. The summed E-state index contributed by atoms with van der Waals surface area (Å²) in [5, 5.41) is 0.846. The summed E-state index contributed by atoms with van der Waals surface area (Å²) in [6.07, 6.45) is 2.90. The fraction of sp³-hybridized carbons (Fsp3) is 0.571. The maximum Gasteiger partial charge on any atom is 0.240 e. The van der Waals surface area contributed by atoms with Crippen LogP contribution in [0.2, 0.25) is 0 Å². The minimum absolute atomic E-state index is 0.0200. The first kappa shape index (κ1) is 17.6. The van der Waals surface area contributed by atoms with Gasteiger partial charge < -0.3 is 0 Å². The maximum absolute atomic E-state index is 13.2. The highest BCUT2D eigenvalue weighted by Gasteiger charge is 2.19. The molecule has 0 aliphatic heterocycles. The fourth-order valence-corrected chi connectivity index (χ4v) is 4.10. The Kier molecular flexibility index (Phi) is 7.12. The zero-order valence-corrected chi connectivity index (χ0v) is 14.2. The number of sulfonamides is 1. The normalized spacial score (nSPS) is 13.4. The van der Waals surface area contributed by atoms with Crippen LogP contribution in [-0.2, 0) is 10.0 Å². The van der Waals surface area contributed by atoms with Gasteiger partial charge in [0.2, 0.25) is 10.0 Å². The van der Waals surface area contributed by atoms with Gasteiger partial charge in [0.05, 0.1) is 4.90 Å². The minimum atomic E-state index is -3.65. The SMILES string of the molecule is CCCC(CCBr)CNS(=O)(=O)c1cc(F)ccc1C. The van der Waals surface area contributed by atoms with E-state index >= 15 is 0 Å². The van der Waals surface area contributed by atoms with Crippen LogP contribution in [-0.4, -0.2) is 20.3 Å². The van der Waals surface area contributed by atoms with Crippen LogP contribution in [0.1, 0.15) is 31.7 Å². The van der Waals surface area contributed by atoms with E-state index in [2.05, 4.69) is 27.6 Å². The Hall–Kier alpha value is -0.460. The molecule has 1 rings (SSSR count). The summed E-state index contributed by atoms with van der Waals surface area (Å²) in [4.78, 5) is 0.0200. The van der Waals surface area contributed by atoms with E-state index in [4.69, 9.17) is 0 Å².